The van der Waals surface area contributed by atoms with Crippen molar-refractivity contribution in [2.24, 2.45) is 0 Å². The maximum absolute atomic E-state index is 13.1. The Bertz CT molecular complexity index is 1300. The van der Waals surface area contributed by atoms with Gasteiger partial charge in [-0.25, -0.2) is 4.68 Å². The first-order valence-corrected chi connectivity index (χ1v) is 13.3. The number of carbonyl (C=O) groups is 1. The molecule has 1 aromatic heterocycles. The van der Waals surface area contributed by atoms with Gasteiger partial charge in [-0.1, -0.05) is 0 Å². The fraction of sp³-hybridized carbons (Fsp3) is 0.448. The third-order valence-corrected chi connectivity index (χ3v) is 7.79. The van der Waals surface area contributed by atoms with Crippen LogP contribution in [0.1, 0.15) is 45.6 Å². The Morgan fingerprint density at radius 3 is 2.18 bits per heavy atom. The highest BCUT2D eigenvalue weighted by Gasteiger charge is 2.30. The molecule has 0 unspecified atom stereocenters. The molecule has 39 heavy (non-hydrogen) atoms. The van der Waals surface area contributed by atoms with E-state index in [0.29, 0.717) is 28.7 Å². The fourth-order valence-corrected chi connectivity index (χ4v) is 5.81. The predicted molar refractivity (Wildman–Crippen MR) is 145 cm³/mol. The standard InChI is InChI=1S/C29H34F3N5O2/c1-19-16-23(17-20(2)27(19)36-10-8-24(9-11-36)35-12-14-39-15-13-35)34-28(38)26-18-33-37(21(26)3)25-6-4-22(5-7-25)29(30,31)32/h4-7,16-18,24H,8-15H2,1-3H3,(H,34,38). The highest BCUT2D eigenvalue weighted by Crippen LogP contribution is 2.32. The Morgan fingerprint density at radius 1 is 0.974 bits per heavy atom. The lowest BCUT2D eigenvalue weighted by Gasteiger charge is -2.41. The summed E-state index contributed by atoms with van der Waals surface area (Å²) in [6.45, 7) is 11.5. The summed E-state index contributed by atoms with van der Waals surface area (Å²) < 4.78 is 45.7. The average molecular weight is 542 g/mol. The number of anilines is 2. The Morgan fingerprint density at radius 2 is 1.59 bits per heavy atom. The largest absolute Gasteiger partial charge is 0.416 e. The summed E-state index contributed by atoms with van der Waals surface area (Å²) in [4.78, 5) is 18.1. The lowest BCUT2D eigenvalue weighted by molar-refractivity contribution is -0.137. The summed E-state index contributed by atoms with van der Waals surface area (Å²) in [6.07, 6.45) is -0.720. The van der Waals surface area contributed by atoms with Crippen molar-refractivity contribution in [3.05, 3.63) is 70.5 Å². The summed E-state index contributed by atoms with van der Waals surface area (Å²) in [5.74, 6) is -0.316. The minimum absolute atomic E-state index is 0.316. The SMILES string of the molecule is Cc1cc(NC(=O)c2cnn(-c3ccc(C(F)(F)F)cc3)c2C)cc(C)c1N1CCC(N2CCOCC2)CC1. The molecule has 2 aliphatic rings. The van der Waals surface area contributed by atoms with Crippen molar-refractivity contribution in [1.29, 1.82) is 0 Å². The van der Waals surface area contributed by atoms with Crippen LogP contribution in [0.4, 0.5) is 24.5 Å². The molecule has 7 nitrogen and oxygen atoms in total. The van der Waals surface area contributed by atoms with Gasteiger partial charge < -0.3 is 15.0 Å². The number of piperidine rings is 1. The second-order valence-corrected chi connectivity index (χ2v) is 10.4. The molecule has 2 fully saturated rings. The second-order valence-electron chi connectivity index (χ2n) is 10.4. The van der Waals surface area contributed by atoms with Gasteiger partial charge in [0.05, 0.1) is 41.9 Å². The molecule has 10 heteroatoms. The van der Waals surface area contributed by atoms with E-state index in [1.807, 2.05) is 12.1 Å². The van der Waals surface area contributed by atoms with Crippen molar-refractivity contribution in [3.63, 3.8) is 0 Å². The van der Waals surface area contributed by atoms with Crippen LogP contribution in [0.15, 0.2) is 42.6 Å². The van der Waals surface area contributed by atoms with Gasteiger partial charge in [0.15, 0.2) is 0 Å². The quantitative estimate of drug-likeness (QED) is 0.471. The molecule has 0 saturated carbocycles. The molecule has 3 heterocycles. The zero-order valence-electron chi connectivity index (χ0n) is 22.5. The lowest BCUT2D eigenvalue weighted by atomic mass is 9.99. The van der Waals surface area contributed by atoms with Gasteiger partial charge in [-0.05, 0) is 81.1 Å². The molecule has 0 bridgehead atoms. The first-order valence-electron chi connectivity index (χ1n) is 13.3. The molecular weight excluding hydrogens is 507 g/mol. The number of aromatic nitrogens is 2. The third kappa shape index (κ3) is 5.81. The van der Waals surface area contributed by atoms with Crippen LogP contribution in [0, 0.1) is 20.8 Å². The Balaban J connectivity index is 1.26. The molecule has 5 rings (SSSR count). The zero-order valence-corrected chi connectivity index (χ0v) is 22.5. The molecular formula is C29H34F3N5O2. The molecule has 0 atom stereocenters. The maximum Gasteiger partial charge on any atom is 0.416 e. The van der Waals surface area contributed by atoms with E-state index in [9.17, 15) is 18.0 Å². The van der Waals surface area contributed by atoms with Crippen molar-refractivity contribution in [2.45, 2.75) is 45.8 Å². The number of hydrogen-bond donors (Lipinski definition) is 1. The number of nitrogens with zero attached hydrogens (tertiary/aromatic N) is 4. The molecule has 2 aliphatic heterocycles. The van der Waals surface area contributed by atoms with Gasteiger partial charge in [-0.15, -0.1) is 0 Å². The highest BCUT2D eigenvalue weighted by molar-refractivity contribution is 6.05. The molecule has 3 aromatic rings. The van der Waals surface area contributed by atoms with E-state index in [4.69, 9.17) is 4.74 Å². The number of benzene rings is 2. The highest BCUT2D eigenvalue weighted by atomic mass is 19.4. The van der Waals surface area contributed by atoms with Crippen LogP contribution in [0.2, 0.25) is 0 Å². The minimum Gasteiger partial charge on any atom is -0.379 e. The number of rotatable bonds is 5. The van der Waals surface area contributed by atoms with Crippen molar-refractivity contribution >= 4 is 17.3 Å². The number of halogens is 3. The maximum atomic E-state index is 13.1. The van der Waals surface area contributed by atoms with Gasteiger partial charge >= 0.3 is 6.18 Å². The Kier molecular flexibility index (Phi) is 7.68. The van der Waals surface area contributed by atoms with E-state index in [1.54, 1.807) is 6.92 Å². The second kappa shape index (κ2) is 11.0. The van der Waals surface area contributed by atoms with Gasteiger partial charge in [0.1, 0.15) is 0 Å². The number of aryl methyl sites for hydroxylation is 2. The smallest absolute Gasteiger partial charge is 0.379 e. The van der Waals surface area contributed by atoms with Crippen LogP contribution >= 0.6 is 0 Å². The van der Waals surface area contributed by atoms with E-state index in [1.165, 1.54) is 28.7 Å². The number of amides is 1. The first kappa shape index (κ1) is 27.2. The number of alkyl halides is 3. The minimum atomic E-state index is -4.41. The number of hydrogen-bond acceptors (Lipinski definition) is 5. The molecule has 208 valence electrons. The normalized spacial score (nSPS) is 17.4. The van der Waals surface area contributed by atoms with E-state index in [-0.39, 0.29) is 5.91 Å². The van der Waals surface area contributed by atoms with Gasteiger partial charge in [-0.2, -0.15) is 18.3 Å². The van der Waals surface area contributed by atoms with Crippen molar-refractivity contribution in [3.8, 4) is 5.69 Å². The number of morpholine rings is 1. The summed E-state index contributed by atoms with van der Waals surface area (Å²) in [6, 6.07) is 9.30. The van der Waals surface area contributed by atoms with E-state index >= 15 is 0 Å². The molecule has 0 spiro atoms. The topological polar surface area (TPSA) is 62.6 Å². The van der Waals surface area contributed by atoms with Crippen molar-refractivity contribution in [1.82, 2.24) is 14.7 Å². The molecule has 2 saturated heterocycles. The Hall–Kier alpha value is -3.37. The monoisotopic (exact) mass is 541 g/mol. The summed E-state index contributed by atoms with van der Waals surface area (Å²) in [7, 11) is 0. The lowest BCUT2D eigenvalue weighted by Crippen LogP contribution is -2.49. The van der Waals surface area contributed by atoms with Crippen LogP contribution in [0.5, 0.6) is 0 Å². The molecule has 1 amide bonds. The van der Waals surface area contributed by atoms with Gasteiger partial charge in [0.2, 0.25) is 0 Å². The van der Waals surface area contributed by atoms with E-state index in [0.717, 1.165) is 75.5 Å². The number of nitrogens with one attached hydrogen (secondary N) is 1. The summed E-state index contributed by atoms with van der Waals surface area (Å²) in [5, 5.41) is 7.22. The predicted octanol–water partition coefficient (Wildman–Crippen LogP) is 5.37. The van der Waals surface area contributed by atoms with Crippen LogP contribution < -0.4 is 10.2 Å². The van der Waals surface area contributed by atoms with Crippen LogP contribution in [-0.4, -0.2) is 66.0 Å². The van der Waals surface area contributed by atoms with E-state index in [2.05, 4.69) is 34.1 Å². The molecule has 1 N–H and O–H groups in total. The van der Waals surface area contributed by atoms with Gasteiger partial charge in [-0.3, -0.25) is 9.69 Å². The van der Waals surface area contributed by atoms with Crippen molar-refractivity contribution in [2.75, 3.05) is 49.6 Å². The first-order chi connectivity index (χ1) is 18.6. The summed E-state index contributed by atoms with van der Waals surface area (Å²) in [5.41, 5.74) is 4.75. The molecule has 0 radical (unpaired) electrons. The average Bonchev–Trinajstić information content (AvgIpc) is 3.30. The Labute approximate surface area is 226 Å². The third-order valence-electron chi connectivity index (χ3n) is 7.79. The number of carbonyl (C=O) groups excluding carboxylic acids is 1. The van der Waals surface area contributed by atoms with Crippen LogP contribution in [0.3, 0.4) is 0 Å². The molecule has 2 aromatic carbocycles. The van der Waals surface area contributed by atoms with Crippen LogP contribution in [-0.2, 0) is 10.9 Å². The van der Waals surface area contributed by atoms with E-state index < -0.39 is 11.7 Å². The van der Waals surface area contributed by atoms with Gasteiger partial charge in [0.25, 0.3) is 5.91 Å². The van der Waals surface area contributed by atoms with Crippen LogP contribution in [0.25, 0.3) is 5.69 Å². The summed E-state index contributed by atoms with van der Waals surface area (Å²) >= 11 is 0. The van der Waals surface area contributed by atoms with Crippen molar-refractivity contribution < 1.29 is 22.7 Å². The molecule has 0 aliphatic carbocycles. The number of ether oxygens (including phenoxy) is 1. The van der Waals surface area contributed by atoms with Gasteiger partial charge in [0, 0.05) is 43.6 Å². The zero-order chi connectivity index (χ0) is 27.7. The fourth-order valence-electron chi connectivity index (χ4n) is 5.81.